The summed E-state index contributed by atoms with van der Waals surface area (Å²) in [5.41, 5.74) is -1.55. The van der Waals surface area contributed by atoms with Gasteiger partial charge in [-0.25, -0.2) is 0 Å². The zero-order valence-corrected chi connectivity index (χ0v) is 19.2. The van der Waals surface area contributed by atoms with Crippen molar-refractivity contribution in [3.63, 3.8) is 0 Å². The molecule has 2 N–H and O–H groups in total. The van der Waals surface area contributed by atoms with Crippen molar-refractivity contribution in [1.29, 1.82) is 0 Å². The molecule has 4 rings (SSSR count). The molecule has 0 aliphatic heterocycles. The maximum Gasteiger partial charge on any atom is 0.416 e. The average molecular weight is 489 g/mol. The van der Waals surface area contributed by atoms with Crippen molar-refractivity contribution in [3.8, 4) is 5.75 Å². The Balaban J connectivity index is 1.61. The van der Waals surface area contributed by atoms with Crippen molar-refractivity contribution in [1.82, 2.24) is 24.9 Å². The van der Waals surface area contributed by atoms with E-state index in [-0.39, 0.29) is 13.1 Å². The van der Waals surface area contributed by atoms with E-state index in [4.69, 9.17) is 0 Å². The minimum atomic E-state index is -4.47. The second-order valence-electron chi connectivity index (χ2n) is 8.84. The molecule has 0 spiro atoms. The number of carbonyl (C=O) groups is 1. The highest BCUT2D eigenvalue weighted by atomic mass is 19.4. The maximum atomic E-state index is 13.3. The Morgan fingerprint density at radius 2 is 1.94 bits per heavy atom. The van der Waals surface area contributed by atoms with E-state index in [1.807, 2.05) is 6.92 Å². The summed E-state index contributed by atoms with van der Waals surface area (Å²) in [5.74, 6) is -1.41. The molecule has 1 aliphatic carbocycles. The van der Waals surface area contributed by atoms with Gasteiger partial charge in [0.1, 0.15) is 0 Å². The SMILES string of the molecule is CCn1cc(CNC(=O)c2nn(CC3(c4cccc(C(F)(F)F)c4)CCCC3)cc(O)c2=O)cn1. The van der Waals surface area contributed by atoms with E-state index in [9.17, 15) is 27.9 Å². The van der Waals surface area contributed by atoms with Gasteiger partial charge in [-0.3, -0.25) is 19.0 Å². The Morgan fingerprint density at radius 3 is 2.60 bits per heavy atom. The number of aromatic hydroxyl groups is 1. The normalized spacial score (nSPS) is 15.3. The van der Waals surface area contributed by atoms with Crippen LogP contribution in [0, 0.1) is 0 Å². The Morgan fingerprint density at radius 1 is 1.20 bits per heavy atom. The Hall–Kier alpha value is -3.63. The zero-order valence-electron chi connectivity index (χ0n) is 19.2. The number of hydrogen-bond donors (Lipinski definition) is 2. The van der Waals surface area contributed by atoms with Crippen LogP contribution in [0.25, 0.3) is 0 Å². The number of hydrogen-bond acceptors (Lipinski definition) is 5. The lowest BCUT2D eigenvalue weighted by Gasteiger charge is -2.31. The van der Waals surface area contributed by atoms with E-state index in [1.165, 1.54) is 10.7 Å². The van der Waals surface area contributed by atoms with E-state index < -0.39 is 39.9 Å². The Kier molecular flexibility index (Phi) is 6.68. The van der Waals surface area contributed by atoms with Crippen LogP contribution in [-0.2, 0) is 31.2 Å². The van der Waals surface area contributed by atoms with Crippen LogP contribution in [0.4, 0.5) is 13.2 Å². The van der Waals surface area contributed by atoms with Crippen LogP contribution in [0.5, 0.6) is 5.75 Å². The number of benzene rings is 1. The number of alkyl halides is 3. The van der Waals surface area contributed by atoms with Crippen LogP contribution in [0.2, 0.25) is 0 Å². The summed E-state index contributed by atoms with van der Waals surface area (Å²) in [6.45, 7) is 2.82. The smallest absolute Gasteiger partial charge is 0.416 e. The van der Waals surface area contributed by atoms with Crippen LogP contribution in [0.3, 0.4) is 0 Å². The number of carbonyl (C=O) groups excluding carboxylic acids is 1. The standard InChI is InChI=1S/C24H26F3N5O3/c1-2-31-13-16(12-29-31)11-28-22(35)20-21(34)19(33)14-32(30-20)15-23(8-3-4-9-23)17-6-5-7-18(10-17)24(25,26)27/h5-7,10,12-14,33H,2-4,8-9,11,15H2,1H3,(H,28,35). The maximum absolute atomic E-state index is 13.3. The molecule has 1 amide bonds. The Labute approximate surface area is 199 Å². The van der Waals surface area contributed by atoms with E-state index in [0.717, 1.165) is 36.7 Å². The van der Waals surface area contributed by atoms with Gasteiger partial charge in [0.15, 0.2) is 11.4 Å². The summed E-state index contributed by atoms with van der Waals surface area (Å²) >= 11 is 0. The molecule has 11 heteroatoms. The minimum absolute atomic E-state index is 0.115. The van der Waals surface area contributed by atoms with Gasteiger partial charge in [-0.1, -0.05) is 31.0 Å². The largest absolute Gasteiger partial charge is 0.503 e. The average Bonchev–Trinajstić information content (AvgIpc) is 3.49. The number of amides is 1. The summed E-state index contributed by atoms with van der Waals surface area (Å²) in [6.07, 6.45) is 2.88. The fourth-order valence-corrected chi connectivity index (χ4v) is 4.62. The van der Waals surface area contributed by atoms with E-state index in [0.29, 0.717) is 24.9 Å². The Bertz CT molecular complexity index is 1280. The fourth-order valence-electron chi connectivity index (χ4n) is 4.62. The number of aromatic nitrogens is 4. The van der Waals surface area contributed by atoms with Crippen LogP contribution < -0.4 is 10.7 Å². The van der Waals surface area contributed by atoms with Crippen molar-refractivity contribution in [2.24, 2.45) is 0 Å². The minimum Gasteiger partial charge on any atom is -0.503 e. The molecule has 0 saturated heterocycles. The van der Waals surface area contributed by atoms with E-state index >= 15 is 0 Å². The van der Waals surface area contributed by atoms with E-state index in [1.54, 1.807) is 23.1 Å². The monoisotopic (exact) mass is 489 g/mol. The summed E-state index contributed by atoms with van der Waals surface area (Å²) in [7, 11) is 0. The number of nitrogens with zero attached hydrogens (tertiary/aromatic N) is 4. The lowest BCUT2D eigenvalue weighted by molar-refractivity contribution is -0.137. The molecule has 2 aromatic heterocycles. The first-order valence-electron chi connectivity index (χ1n) is 11.4. The molecule has 0 radical (unpaired) electrons. The van der Waals surface area contributed by atoms with Gasteiger partial charge in [0.05, 0.1) is 24.5 Å². The van der Waals surface area contributed by atoms with Crippen LogP contribution in [0.15, 0.2) is 47.7 Å². The highest BCUT2D eigenvalue weighted by Gasteiger charge is 2.39. The molecule has 2 heterocycles. The van der Waals surface area contributed by atoms with Gasteiger partial charge >= 0.3 is 6.18 Å². The summed E-state index contributed by atoms with van der Waals surface area (Å²) in [4.78, 5) is 25.1. The summed E-state index contributed by atoms with van der Waals surface area (Å²) in [5, 5.41) is 21.1. The van der Waals surface area contributed by atoms with Gasteiger partial charge in [0.25, 0.3) is 11.3 Å². The van der Waals surface area contributed by atoms with Crippen molar-refractivity contribution in [2.75, 3.05) is 0 Å². The lowest BCUT2D eigenvalue weighted by atomic mass is 9.78. The van der Waals surface area contributed by atoms with Crippen LogP contribution in [-0.4, -0.2) is 30.6 Å². The van der Waals surface area contributed by atoms with Gasteiger partial charge in [-0.15, -0.1) is 0 Å². The molecule has 0 bridgehead atoms. The zero-order chi connectivity index (χ0) is 25.2. The van der Waals surface area contributed by atoms with Crippen LogP contribution >= 0.6 is 0 Å². The lowest BCUT2D eigenvalue weighted by Crippen LogP contribution is -2.34. The second kappa shape index (κ2) is 9.55. The third kappa shape index (κ3) is 5.23. The highest BCUT2D eigenvalue weighted by molar-refractivity contribution is 5.92. The van der Waals surface area contributed by atoms with Gasteiger partial charge in [-0.2, -0.15) is 23.4 Å². The number of halogens is 3. The topological polar surface area (TPSA) is 102 Å². The summed E-state index contributed by atoms with van der Waals surface area (Å²) in [6, 6.07) is 5.22. The van der Waals surface area contributed by atoms with Gasteiger partial charge in [0.2, 0.25) is 0 Å². The molecule has 35 heavy (non-hydrogen) atoms. The highest BCUT2D eigenvalue weighted by Crippen LogP contribution is 2.44. The van der Waals surface area contributed by atoms with Gasteiger partial charge < -0.3 is 10.4 Å². The van der Waals surface area contributed by atoms with E-state index in [2.05, 4.69) is 15.5 Å². The summed E-state index contributed by atoms with van der Waals surface area (Å²) < 4.78 is 43.0. The molecular formula is C24H26F3N5O3. The molecule has 1 aromatic carbocycles. The fraction of sp³-hybridized carbons (Fsp3) is 0.417. The first-order valence-corrected chi connectivity index (χ1v) is 11.4. The van der Waals surface area contributed by atoms with Gasteiger partial charge in [-0.05, 0) is 31.4 Å². The molecule has 0 unspecified atom stereocenters. The van der Waals surface area contributed by atoms with Crippen molar-refractivity contribution >= 4 is 5.91 Å². The number of nitrogens with one attached hydrogen (secondary N) is 1. The number of aryl methyl sites for hydroxylation is 1. The molecular weight excluding hydrogens is 463 g/mol. The molecule has 3 aromatic rings. The molecule has 1 aliphatic rings. The molecule has 1 saturated carbocycles. The van der Waals surface area contributed by atoms with Crippen molar-refractivity contribution in [2.45, 2.75) is 63.8 Å². The van der Waals surface area contributed by atoms with Crippen LogP contribution in [0.1, 0.15) is 59.8 Å². The third-order valence-electron chi connectivity index (χ3n) is 6.45. The van der Waals surface area contributed by atoms with Crippen molar-refractivity contribution < 1.29 is 23.1 Å². The first kappa shape index (κ1) is 24.5. The predicted octanol–water partition coefficient (Wildman–Crippen LogP) is 3.63. The predicted molar refractivity (Wildman–Crippen MR) is 121 cm³/mol. The molecule has 1 fully saturated rings. The van der Waals surface area contributed by atoms with Gasteiger partial charge in [0, 0.05) is 30.3 Å². The van der Waals surface area contributed by atoms with Crippen molar-refractivity contribution in [3.05, 3.63) is 75.5 Å². The first-order chi connectivity index (χ1) is 16.6. The number of rotatable bonds is 7. The molecule has 0 atom stereocenters. The molecule has 186 valence electrons. The third-order valence-corrected chi connectivity index (χ3v) is 6.45. The molecule has 8 nitrogen and oxygen atoms in total. The quantitative estimate of drug-likeness (QED) is 0.528. The second-order valence-corrected chi connectivity index (χ2v) is 8.84.